The largest absolute Gasteiger partial charge is 0.480 e. The first-order chi connectivity index (χ1) is 8.01. The van der Waals surface area contributed by atoms with Crippen LogP contribution in [0.2, 0.25) is 0 Å². The van der Waals surface area contributed by atoms with Gasteiger partial charge in [0.1, 0.15) is 6.04 Å². The Hall–Kier alpha value is -1.14. The summed E-state index contributed by atoms with van der Waals surface area (Å²) < 4.78 is 10.0. The van der Waals surface area contributed by atoms with E-state index in [0.717, 1.165) is 0 Å². The highest BCUT2D eigenvalue weighted by atomic mass is 16.5. The van der Waals surface area contributed by atoms with Crippen LogP contribution in [0.1, 0.15) is 13.3 Å². The van der Waals surface area contributed by atoms with Crippen LogP contribution in [0, 0.1) is 5.92 Å². The van der Waals surface area contributed by atoms with Gasteiger partial charge in [-0.05, 0) is 0 Å². The number of ether oxygens (including phenoxy) is 2. The highest BCUT2D eigenvalue weighted by Crippen LogP contribution is 2.22. The van der Waals surface area contributed by atoms with Gasteiger partial charge in [0, 0.05) is 27.2 Å². The van der Waals surface area contributed by atoms with E-state index in [9.17, 15) is 9.59 Å². The van der Waals surface area contributed by atoms with Crippen molar-refractivity contribution in [3.05, 3.63) is 0 Å². The summed E-state index contributed by atoms with van der Waals surface area (Å²) in [5.74, 6) is -1.52. The van der Waals surface area contributed by atoms with Crippen LogP contribution < -0.4 is 0 Å². The van der Waals surface area contributed by atoms with E-state index in [0.29, 0.717) is 19.6 Å². The maximum Gasteiger partial charge on any atom is 0.326 e. The first-order valence-corrected chi connectivity index (χ1v) is 5.56. The Kier molecular flexibility index (Phi) is 4.89. The molecule has 1 rings (SSSR count). The molecule has 1 amide bonds. The molecule has 17 heavy (non-hydrogen) atoms. The number of carbonyl (C=O) groups is 2. The molecule has 1 fully saturated rings. The summed E-state index contributed by atoms with van der Waals surface area (Å²) in [6.07, 6.45) is 0.145. The minimum Gasteiger partial charge on any atom is -0.480 e. The van der Waals surface area contributed by atoms with Crippen molar-refractivity contribution >= 4 is 11.9 Å². The van der Waals surface area contributed by atoms with Crippen LogP contribution in [0.15, 0.2) is 0 Å². The fraction of sp³-hybridized carbons (Fsp3) is 0.818. The molecular weight excluding hydrogens is 226 g/mol. The highest BCUT2D eigenvalue weighted by Gasteiger charge is 2.40. The second kappa shape index (κ2) is 5.97. The molecule has 0 aliphatic carbocycles. The molecule has 3 unspecified atom stereocenters. The number of carboxylic acids is 1. The molecule has 6 nitrogen and oxygen atoms in total. The van der Waals surface area contributed by atoms with Gasteiger partial charge in [-0.25, -0.2) is 4.79 Å². The number of nitrogens with zero attached hydrogens (tertiary/aromatic N) is 1. The summed E-state index contributed by atoms with van der Waals surface area (Å²) in [7, 11) is 3.04. The Bertz CT molecular complexity index is 294. The molecule has 98 valence electrons. The molecule has 0 radical (unpaired) electrons. The topological polar surface area (TPSA) is 76.1 Å². The molecule has 1 saturated heterocycles. The van der Waals surface area contributed by atoms with Crippen molar-refractivity contribution < 1.29 is 24.2 Å². The SMILES string of the molecule is COCC(C)C(=O)N1CC(OC)CC1C(=O)O. The van der Waals surface area contributed by atoms with Crippen molar-refractivity contribution in [1.29, 1.82) is 0 Å². The Morgan fingerprint density at radius 2 is 2.12 bits per heavy atom. The summed E-state index contributed by atoms with van der Waals surface area (Å²) in [6.45, 7) is 2.35. The zero-order valence-electron chi connectivity index (χ0n) is 10.4. The predicted molar refractivity (Wildman–Crippen MR) is 59.6 cm³/mol. The number of amides is 1. The average molecular weight is 245 g/mol. The summed E-state index contributed by atoms with van der Waals surface area (Å²) in [6, 6.07) is -0.785. The highest BCUT2D eigenvalue weighted by molar-refractivity contribution is 5.85. The molecular formula is C11H19NO5. The van der Waals surface area contributed by atoms with E-state index in [1.807, 2.05) is 0 Å². The Morgan fingerprint density at radius 3 is 2.59 bits per heavy atom. The molecule has 0 aromatic rings. The lowest BCUT2D eigenvalue weighted by atomic mass is 10.1. The fourth-order valence-corrected chi connectivity index (χ4v) is 2.05. The standard InChI is InChI=1S/C11H19NO5/c1-7(6-16-2)10(13)12-5-8(17-3)4-9(12)11(14)15/h7-9H,4-6H2,1-3H3,(H,14,15). The number of carbonyl (C=O) groups excluding carboxylic acids is 1. The number of hydrogen-bond donors (Lipinski definition) is 1. The van der Waals surface area contributed by atoms with Crippen molar-refractivity contribution in [2.75, 3.05) is 27.4 Å². The summed E-state index contributed by atoms with van der Waals surface area (Å²) in [5.41, 5.74) is 0. The lowest BCUT2D eigenvalue weighted by molar-refractivity contribution is -0.150. The molecule has 1 heterocycles. The first kappa shape index (κ1) is 13.9. The van der Waals surface area contributed by atoms with Crippen molar-refractivity contribution in [2.45, 2.75) is 25.5 Å². The van der Waals surface area contributed by atoms with Gasteiger partial charge >= 0.3 is 5.97 Å². The normalized spacial score (nSPS) is 25.9. The van der Waals surface area contributed by atoms with Crippen molar-refractivity contribution in [1.82, 2.24) is 4.90 Å². The number of likely N-dealkylation sites (tertiary alicyclic amines) is 1. The number of methoxy groups -OCH3 is 2. The number of rotatable bonds is 5. The van der Waals surface area contributed by atoms with Gasteiger partial charge in [-0.3, -0.25) is 4.79 Å². The molecule has 0 aromatic carbocycles. The van der Waals surface area contributed by atoms with Gasteiger partial charge in [0.2, 0.25) is 5.91 Å². The third-order valence-corrected chi connectivity index (χ3v) is 3.00. The Labute approximate surface area is 100 Å². The van der Waals surface area contributed by atoms with Gasteiger partial charge in [0.05, 0.1) is 18.6 Å². The second-order valence-electron chi connectivity index (χ2n) is 4.29. The van der Waals surface area contributed by atoms with Gasteiger partial charge < -0.3 is 19.5 Å². The minimum absolute atomic E-state index is 0.196. The van der Waals surface area contributed by atoms with Crippen LogP contribution in [0.5, 0.6) is 0 Å². The number of aliphatic carboxylic acids is 1. The summed E-state index contributed by atoms with van der Waals surface area (Å²) >= 11 is 0. The Morgan fingerprint density at radius 1 is 1.47 bits per heavy atom. The van der Waals surface area contributed by atoms with E-state index in [1.165, 1.54) is 19.1 Å². The van der Waals surface area contributed by atoms with Crippen molar-refractivity contribution in [2.24, 2.45) is 5.92 Å². The Balaban J connectivity index is 2.72. The molecule has 1 aliphatic rings. The number of hydrogen-bond acceptors (Lipinski definition) is 4. The van der Waals surface area contributed by atoms with Gasteiger partial charge in [0.15, 0.2) is 0 Å². The van der Waals surface area contributed by atoms with E-state index in [-0.39, 0.29) is 17.9 Å². The maximum absolute atomic E-state index is 12.0. The van der Waals surface area contributed by atoms with Crippen LogP contribution in [-0.4, -0.2) is 61.4 Å². The maximum atomic E-state index is 12.0. The zero-order valence-corrected chi connectivity index (χ0v) is 10.4. The minimum atomic E-state index is -0.984. The van der Waals surface area contributed by atoms with Crippen LogP contribution in [-0.2, 0) is 19.1 Å². The lowest BCUT2D eigenvalue weighted by Crippen LogP contribution is -2.44. The molecule has 3 atom stereocenters. The quantitative estimate of drug-likeness (QED) is 0.736. The first-order valence-electron chi connectivity index (χ1n) is 5.56. The fourth-order valence-electron chi connectivity index (χ4n) is 2.05. The average Bonchev–Trinajstić information content (AvgIpc) is 2.72. The van der Waals surface area contributed by atoms with Gasteiger partial charge in [-0.1, -0.05) is 6.92 Å². The van der Waals surface area contributed by atoms with E-state index in [4.69, 9.17) is 14.6 Å². The van der Waals surface area contributed by atoms with E-state index in [1.54, 1.807) is 6.92 Å². The molecule has 0 saturated carbocycles. The van der Waals surface area contributed by atoms with Gasteiger partial charge in [-0.15, -0.1) is 0 Å². The number of carboxylic acid groups (broad SMARTS) is 1. The van der Waals surface area contributed by atoms with Crippen LogP contribution in [0.25, 0.3) is 0 Å². The third-order valence-electron chi connectivity index (χ3n) is 3.00. The van der Waals surface area contributed by atoms with Crippen LogP contribution in [0.3, 0.4) is 0 Å². The lowest BCUT2D eigenvalue weighted by Gasteiger charge is -2.24. The van der Waals surface area contributed by atoms with E-state index < -0.39 is 12.0 Å². The van der Waals surface area contributed by atoms with E-state index in [2.05, 4.69) is 0 Å². The molecule has 1 aliphatic heterocycles. The van der Waals surface area contributed by atoms with Crippen LogP contribution in [0.4, 0.5) is 0 Å². The van der Waals surface area contributed by atoms with Gasteiger partial charge in [-0.2, -0.15) is 0 Å². The second-order valence-corrected chi connectivity index (χ2v) is 4.29. The molecule has 0 bridgehead atoms. The molecule has 6 heteroatoms. The van der Waals surface area contributed by atoms with E-state index >= 15 is 0 Å². The van der Waals surface area contributed by atoms with Gasteiger partial charge in [0.25, 0.3) is 0 Å². The zero-order chi connectivity index (χ0) is 13.0. The summed E-state index contributed by atoms with van der Waals surface area (Å²) in [5, 5.41) is 9.08. The summed E-state index contributed by atoms with van der Waals surface area (Å²) in [4.78, 5) is 24.5. The van der Waals surface area contributed by atoms with Crippen molar-refractivity contribution in [3.63, 3.8) is 0 Å². The van der Waals surface area contributed by atoms with Crippen LogP contribution >= 0.6 is 0 Å². The molecule has 0 aromatic heterocycles. The molecule has 1 N–H and O–H groups in total. The smallest absolute Gasteiger partial charge is 0.326 e. The predicted octanol–water partition coefficient (Wildman–Crippen LogP) is -0.0306. The monoisotopic (exact) mass is 245 g/mol. The molecule has 0 spiro atoms. The van der Waals surface area contributed by atoms with Crippen molar-refractivity contribution in [3.8, 4) is 0 Å². The third kappa shape index (κ3) is 3.17.